The van der Waals surface area contributed by atoms with Crippen molar-refractivity contribution in [3.8, 4) is 0 Å². The summed E-state index contributed by atoms with van der Waals surface area (Å²) in [6, 6.07) is 0. The molecule has 0 spiro atoms. The number of nitrogens with zero attached hydrogens (tertiary/aromatic N) is 1. The molecule has 7 heteroatoms. The van der Waals surface area contributed by atoms with Crippen molar-refractivity contribution in [3.05, 3.63) is 47.7 Å². The number of hydrogen-bond donors (Lipinski definition) is 2. The second kappa shape index (κ2) is 11.4. The third-order valence-electron chi connectivity index (χ3n) is 5.19. The summed E-state index contributed by atoms with van der Waals surface area (Å²) >= 11 is 0. The molecule has 2 atom stereocenters. The zero-order valence-electron chi connectivity index (χ0n) is 19.7. The third-order valence-corrected chi connectivity index (χ3v) is 5.19. The normalized spacial score (nSPS) is 19.7. The standard InChI is InChI=1S/C24H35N3O4/c1-9-19(28)31-13-12-26-22(29)16(3)11-10-15(2)21-20(24(5,6)7)17(4)18(14-27-21)23(30)25-8/h9-11,14,17,20H,1,12-13H2,2-8H3,(H,25,30)(H,26,29)/b15-10+,16-11+. The fraction of sp³-hybridized carbons (Fsp3) is 0.500. The molecule has 0 fully saturated rings. The molecule has 2 amide bonds. The second-order valence-corrected chi connectivity index (χ2v) is 8.64. The fourth-order valence-electron chi connectivity index (χ4n) is 3.60. The topological polar surface area (TPSA) is 96.9 Å². The van der Waals surface area contributed by atoms with E-state index < -0.39 is 5.97 Å². The number of nitrogens with one attached hydrogen (secondary N) is 2. The molecule has 2 unspecified atom stereocenters. The molecule has 0 radical (unpaired) electrons. The van der Waals surface area contributed by atoms with E-state index in [1.165, 1.54) is 0 Å². The van der Waals surface area contributed by atoms with Gasteiger partial charge in [-0.05, 0) is 30.8 Å². The monoisotopic (exact) mass is 429 g/mol. The molecule has 1 aliphatic heterocycles. The highest BCUT2D eigenvalue weighted by atomic mass is 16.5. The highest BCUT2D eigenvalue weighted by Crippen LogP contribution is 2.40. The van der Waals surface area contributed by atoms with Crippen LogP contribution in [0.5, 0.6) is 0 Å². The number of rotatable bonds is 8. The van der Waals surface area contributed by atoms with E-state index in [-0.39, 0.29) is 42.2 Å². The molecular weight excluding hydrogens is 394 g/mol. The molecule has 1 heterocycles. The summed E-state index contributed by atoms with van der Waals surface area (Å²) < 4.78 is 4.83. The van der Waals surface area contributed by atoms with Gasteiger partial charge in [0.05, 0.1) is 6.54 Å². The lowest BCUT2D eigenvalue weighted by atomic mass is 9.66. The van der Waals surface area contributed by atoms with Crippen LogP contribution >= 0.6 is 0 Å². The maximum atomic E-state index is 12.2. The highest BCUT2D eigenvalue weighted by molar-refractivity contribution is 6.06. The summed E-state index contributed by atoms with van der Waals surface area (Å²) in [4.78, 5) is 40.1. The van der Waals surface area contributed by atoms with Gasteiger partial charge in [0.1, 0.15) is 6.61 Å². The van der Waals surface area contributed by atoms with E-state index in [9.17, 15) is 14.4 Å². The van der Waals surface area contributed by atoms with Crippen LogP contribution in [0.25, 0.3) is 0 Å². The Kier molecular flexibility index (Phi) is 9.62. The van der Waals surface area contributed by atoms with E-state index in [4.69, 9.17) is 4.74 Å². The summed E-state index contributed by atoms with van der Waals surface area (Å²) in [5.74, 6) is -0.834. The summed E-state index contributed by atoms with van der Waals surface area (Å²) in [6.07, 6.45) is 6.33. The van der Waals surface area contributed by atoms with E-state index in [2.05, 4.69) is 43.0 Å². The van der Waals surface area contributed by atoms with Crippen LogP contribution in [0, 0.1) is 17.3 Å². The van der Waals surface area contributed by atoms with Crippen LogP contribution in [-0.4, -0.2) is 43.7 Å². The molecule has 0 saturated carbocycles. The summed E-state index contributed by atoms with van der Waals surface area (Å²) in [6.45, 7) is 15.7. The van der Waals surface area contributed by atoms with Crippen LogP contribution in [0.2, 0.25) is 0 Å². The van der Waals surface area contributed by atoms with Crippen molar-refractivity contribution < 1.29 is 19.1 Å². The van der Waals surface area contributed by atoms with Gasteiger partial charge in [-0.25, -0.2) is 4.79 Å². The number of esters is 1. The van der Waals surface area contributed by atoms with E-state index in [0.717, 1.165) is 17.4 Å². The molecule has 0 aromatic carbocycles. The molecule has 0 aromatic rings. The molecule has 0 bridgehead atoms. The highest BCUT2D eigenvalue weighted by Gasteiger charge is 2.39. The second-order valence-electron chi connectivity index (χ2n) is 8.64. The number of amides is 2. The minimum absolute atomic E-state index is 0.00227. The van der Waals surface area contributed by atoms with E-state index in [1.54, 1.807) is 26.2 Å². The van der Waals surface area contributed by atoms with Crippen LogP contribution in [-0.2, 0) is 19.1 Å². The predicted octanol–water partition coefficient (Wildman–Crippen LogP) is 3.11. The fourth-order valence-corrected chi connectivity index (χ4v) is 3.60. The average Bonchev–Trinajstić information content (AvgIpc) is 2.72. The largest absolute Gasteiger partial charge is 0.461 e. The zero-order chi connectivity index (χ0) is 23.8. The Balaban J connectivity index is 3.00. The molecule has 7 nitrogen and oxygen atoms in total. The van der Waals surface area contributed by atoms with E-state index in [1.807, 2.05) is 19.9 Å². The lowest BCUT2D eigenvalue weighted by molar-refractivity contribution is -0.138. The Morgan fingerprint density at radius 3 is 2.42 bits per heavy atom. The van der Waals surface area contributed by atoms with Gasteiger partial charge in [-0.2, -0.15) is 0 Å². The third kappa shape index (κ3) is 7.35. The predicted molar refractivity (Wildman–Crippen MR) is 123 cm³/mol. The number of allylic oxidation sites excluding steroid dienone is 3. The van der Waals surface area contributed by atoms with Crippen LogP contribution in [0.4, 0.5) is 0 Å². The van der Waals surface area contributed by atoms with E-state index >= 15 is 0 Å². The molecular formula is C24H35N3O4. The first-order valence-electron chi connectivity index (χ1n) is 10.4. The van der Waals surface area contributed by atoms with Gasteiger partial charge in [-0.1, -0.05) is 46.4 Å². The Hall–Kier alpha value is -2.96. The van der Waals surface area contributed by atoms with Crippen LogP contribution in [0.15, 0.2) is 52.7 Å². The smallest absolute Gasteiger partial charge is 0.330 e. The minimum atomic E-state index is -0.524. The van der Waals surface area contributed by atoms with E-state index in [0.29, 0.717) is 11.1 Å². The summed E-state index contributed by atoms with van der Waals surface area (Å²) in [5.41, 5.74) is 2.93. The molecule has 0 aliphatic carbocycles. The van der Waals surface area contributed by atoms with Crippen molar-refractivity contribution in [2.75, 3.05) is 20.2 Å². The minimum Gasteiger partial charge on any atom is -0.461 e. The maximum absolute atomic E-state index is 12.2. The lowest BCUT2D eigenvalue weighted by Crippen LogP contribution is -2.40. The summed E-state index contributed by atoms with van der Waals surface area (Å²) in [5, 5.41) is 5.38. The van der Waals surface area contributed by atoms with Gasteiger partial charge >= 0.3 is 5.97 Å². The number of carbonyl (C=O) groups excluding carboxylic acids is 3. The van der Waals surface area contributed by atoms with Gasteiger partial charge in [-0.15, -0.1) is 0 Å². The molecule has 1 rings (SSSR count). The van der Waals surface area contributed by atoms with Crippen molar-refractivity contribution >= 4 is 23.5 Å². The van der Waals surface area contributed by atoms with Gasteiger partial charge in [0.15, 0.2) is 0 Å². The average molecular weight is 430 g/mol. The molecule has 31 heavy (non-hydrogen) atoms. The first-order chi connectivity index (χ1) is 14.4. The Morgan fingerprint density at radius 2 is 1.87 bits per heavy atom. The zero-order valence-corrected chi connectivity index (χ0v) is 19.7. The van der Waals surface area contributed by atoms with Crippen LogP contribution in [0.1, 0.15) is 41.5 Å². The van der Waals surface area contributed by atoms with Crippen molar-refractivity contribution in [2.45, 2.75) is 41.5 Å². The molecule has 0 aromatic heterocycles. The van der Waals surface area contributed by atoms with Gasteiger partial charge in [0, 0.05) is 42.1 Å². The quantitative estimate of drug-likeness (QED) is 0.268. The Bertz CT molecular complexity index is 841. The molecule has 0 saturated heterocycles. The van der Waals surface area contributed by atoms with Crippen molar-refractivity contribution in [1.82, 2.24) is 10.6 Å². The first kappa shape index (κ1) is 26.1. The van der Waals surface area contributed by atoms with Crippen LogP contribution < -0.4 is 10.6 Å². The number of likely N-dealkylation sites (N-methyl/N-ethyl adjacent to an activating group) is 1. The SMILES string of the molecule is C=CC(=O)OCCNC(=O)/C(C)=C/C=C(\C)C1=NC=C(C(=O)NC)C(C)C1C(C)(C)C. The Labute approximate surface area is 185 Å². The number of aliphatic imine (C=N–C) groups is 1. The van der Waals surface area contributed by atoms with Gasteiger partial charge < -0.3 is 15.4 Å². The first-order valence-corrected chi connectivity index (χ1v) is 10.4. The Morgan fingerprint density at radius 1 is 1.23 bits per heavy atom. The van der Waals surface area contributed by atoms with Gasteiger partial charge in [-0.3, -0.25) is 14.6 Å². The molecule has 1 aliphatic rings. The molecule has 2 N–H and O–H groups in total. The van der Waals surface area contributed by atoms with Gasteiger partial charge in [0.25, 0.3) is 0 Å². The number of hydrogen-bond acceptors (Lipinski definition) is 5. The lowest BCUT2D eigenvalue weighted by Gasteiger charge is -2.39. The van der Waals surface area contributed by atoms with Crippen molar-refractivity contribution in [1.29, 1.82) is 0 Å². The van der Waals surface area contributed by atoms with Crippen molar-refractivity contribution in [2.24, 2.45) is 22.2 Å². The molecule has 170 valence electrons. The van der Waals surface area contributed by atoms with Gasteiger partial charge in [0.2, 0.25) is 11.8 Å². The number of ether oxygens (including phenoxy) is 1. The number of carbonyl (C=O) groups is 3. The van der Waals surface area contributed by atoms with Crippen molar-refractivity contribution in [3.63, 3.8) is 0 Å². The maximum Gasteiger partial charge on any atom is 0.330 e. The van der Waals surface area contributed by atoms with Crippen LogP contribution in [0.3, 0.4) is 0 Å². The summed E-state index contributed by atoms with van der Waals surface area (Å²) in [7, 11) is 1.62.